The fraction of sp³-hybridized carbons (Fsp3) is 0. The Labute approximate surface area is 151 Å². The Morgan fingerprint density at radius 3 is 2.62 bits per heavy atom. The minimum Gasteiger partial charge on any atom is -0.459 e. The van der Waals surface area contributed by atoms with Crippen LogP contribution in [0.4, 0.5) is 23.0 Å². The molecule has 0 bridgehead atoms. The van der Waals surface area contributed by atoms with Gasteiger partial charge in [0.05, 0.1) is 21.9 Å². The zero-order valence-electron chi connectivity index (χ0n) is 13.0. The van der Waals surface area contributed by atoms with Crippen LogP contribution in [-0.4, -0.2) is 20.8 Å². The highest BCUT2D eigenvalue weighted by molar-refractivity contribution is 6.33. The summed E-state index contributed by atoms with van der Waals surface area (Å²) in [6.45, 7) is 0. The first kappa shape index (κ1) is 17.2. The van der Waals surface area contributed by atoms with E-state index in [4.69, 9.17) is 16.0 Å². The maximum absolute atomic E-state index is 11.9. The van der Waals surface area contributed by atoms with Gasteiger partial charge < -0.3 is 9.73 Å². The highest BCUT2D eigenvalue weighted by Crippen LogP contribution is 2.32. The van der Waals surface area contributed by atoms with Gasteiger partial charge >= 0.3 is 11.6 Å². The largest absolute Gasteiger partial charge is 0.459 e. The lowest BCUT2D eigenvalue weighted by molar-refractivity contribution is -0.383. The summed E-state index contributed by atoms with van der Waals surface area (Å²) < 4.78 is 4.93. The van der Waals surface area contributed by atoms with Gasteiger partial charge in [-0.25, -0.2) is 9.97 Å². The van der Waals surface area contributed by atoms with Crippen LogP contribution < -0.4 is 16.2 Å². The number of nitro groups is 1. The van der Waals surface area contributed by atoms with Crippen LogP contribution in [0, 0.1) is 10.1 Å². The number of rotatable bonds is 6. The Hall–Kier alpha value is -3.66. The number of nitrogens with one attached hydrogen (secondary N) is 3. The molecule has 0 saturated carbocycles. The van der Waals surface area contributed by atoms with E-state index in [1.807, 2.05) is 0 Å². The lowest BCUT2D eigenvalue weighted by Gasteiger charge is -2.11. The number of hydrogen-bond acceptors (Lipinski definition) is 8. The van der Waals surface area contributed by atoms with Crippen LogP contribution in [0.1, 0.15) is 10.6 Å². The van der Waals surface area contributed by atoms with E-state index in [0.29, 0.717) is 10.7 Å². The first-order valence-corrected chi connectivity index (χ1v) is 7.55. The number of hydrazine groups is 1. The minimum atomic E-state index is -0.680. The Kier molecular flexibility index (Phi) is 4.94. The summed E-state index contributed by atoms with van der Waals surface area (Å²) >= 11 is 6.05. The molecule has 0 aliphatic rings. The molecule has 0 aliphatic carbocycles. The normalized spacial score (nSPS) is 10.2. The maximum Gasteiger partial charge on any atom is 0.355 e. The quantitative estimate of drug-likeness (QED) is 0.442. The second kappa shape index (κ2) is 7.49. The molecule has 0 aliphatic heterocycles. The molecule has 132 valence electrons. The van der Waals surface area contributed by atoms with Gasteiger partial charge in [0.15, 0.2) is 5.76 Å². The van der Waals surface area contributed by atoms with Gasteiger partial charge in [-0.15, -0.1) is 0 Å². The van der Waals surface area contributed by atoms with E-state index < -0.39 is 16.5 Å². The van der Waals surface area contributed by atoms with Gasteiger partial charge in [0.1, 0.15) is 6.33 Å². The molecule has 0 fully saturated rings. The SMILES string of the molecule is O=C(NNc1ncnc(Nc2ccccc2Cl)c1[N+](=O)[O-])c1ccco1. The molecule has 3 rings (SSSR count). The summed E-state index contributed by atoms with van der Waals surface area (Å²) in [5.41, 5.74) is 4.63. The summed E-state index contributed by atoms with van der Waals surface area (Å²) in [4.78, 5) is 30.3. The number of amides is 1. The molecule has 10 nitrogen and oxygen atoms in total. The van der Waals surface area contributed by atoms with E-state index >= 15 is 0 Å². The van der Waals surface area contributed by atoms with Crippen molar-refractivity contribution in [1.29, 1.82) is 0 Å². The van der Waals surface area contributed by atoms with E-state index in [-0.39, 0.29) is 17.4 Å². The van der Waals surface area contributed by atoms with E-state index in [9.17, 15) is 14.9 Å². The minimum absolute atomic E-state index is 0.0311. The van der Waals surface area contributed by atoms with Crippen LogP contribution >= 0.6 is 11.6 Å². The van der Waals surface area contributed by atoms with Gasteiger partial charge in [0.2, 0.25) is 11.6 Å². The molecule has 0 saturated heterocycles. The molecular weight excluding hydrogens is 364 g/mol. The Morgan fingerprint density at radius 1 is 1.15 bits per heavy atom. The molecule has 3 N–H and O–H groups in total. The van der Waals surface area contributed by atoms with Crippen molar-refractivity contribution in [2.45, 2.75) is 0 Å². The molecule has 0 spiro atoms. The summed E-state index contributed by atoms with van der Waals surface area (Å²) in [6.07, 6.45) is 2.43. The number of carbonyl (C=O) groups excluding carboxylic acids is 1. The number of aromatic nitrogens is 2. The predicted molar refractivity (Wildman–Crippen MR) is 93.2 cm³/mol. The van der Waals surface area contributed by atoms with Gasteiger partial charge in [-0.1, -0.05) is 23.7 Å². The molecule has 1 amide bonds. The third-order valence-corrected chi connectivity index (χ3v) is 3.50. The Morgan fingerprint density at radius 2 is 1.92 bits per heavy atom. The summed E-state index contributed by atoms with van der Waals surface area (Å²) in [5, 5.41) is 14.6. The molecule has 0 atom stereocenters. The Balaban J connectivity index is 1.85. The third-order valence-electron chi connectivity index (χ3n) is 3.17. The van der Waals surface area contributed by atoms with E-state index in [1.165, 1.54) is 18.4 Å². The van der Waals surface area contributed by atoms with Crippen molar-refractivity contribution in [3.8, 4) is 0 Å². The van der Waals surface area contributed by atoms with Crippen LogP contribution in [0.15, 0.2) is 53.4 Å². The molecule has 11 heteroatoms. The average Bonchev–Trinajstić information content (AvgIpc) is 3.16. The van der Waals surface area contributed by atoms with Crippen molar-refractivity contribution in [3.63, 3.8) is 0 Å². The van der Waals surface area contributed by atoms with E-state index in [1.54, 1.807) is 24.3 Å². The topological polar surface area (TPSA) is 135 Å². The monoisotopic (exact) mass is 374 g/mol. The molecule has 2 aromatic heterocycles. The molecule has 26 heavy (non-hydrogen) atoms. The van der Waals surface area contributed by atoms with Crippen molar-refractivity contribution in [3.05, 3.63) is 69.9 Å². The van der Waals surface area contributed by atoms with Crippen molar-refractivity contribution in [2.24, 2.45) is 0 Å². The summed E-state index contributed by atoms with van der Waals surface area (Å²) in [6, 6.07) is 9.67. The lowest BCUT2D eigenvalue weighted by atomic mass is 10.3. The van der Waals surface area contributed by atoms with Crippen LogP contribution in [0.2, 0.25) is 5.02 Å². The number of nitrogens with zero attached hydrogens (tertiary/aromatic N) is 3. The summed E-state index contributed by atoms with van der Waals surface area (Å²) in [5.74, 6) is -0.889. The predicted octanol–water partition coefficient (Wildman–Crippen LogP) is 3.13. The molecule has 0 radical (unpaired) electrons. The van der Waals surface area contributed by atoms with Crippen LogP contribution in [0.3, 0.4) is 0 Å². The highest BCUT2D eigenvalue weighted by atomic mass is 35.5. The first-order valence-electron chi connectivity index (χ1n) is 7.17. The average molecular weight is 375 g/mol. The van der Waals surface area contributed by atoms with Crippen LogP contribution in [0.25, 0.3) is 0 Å². The molecule has 1 aromatic carbocycles. The smallest absolute Gasteiger partial charge is 0.355 e. The fourth-order valence-corrected chi connectivity index (χ4v) is 2.19. The van der Waals surface area contributed by atoms with Crippen molar-refractivity contribution in [2.75, 3.05) is 10.7 Å². The number of halogens is 1. The number of anilines is 3. The molecular formula is C15H11ClN6O4. The lowest BCUT2D eigenvalue weighted by Crippen LogP contribution is -2.30. The number of furan rings is 1. The number of hydrogen-bond donors (Lipinski definition) is 3. The Bertz CT molecular complexity index is 947. The van der Waals surface area contributed by atoms with Crippen molar-refractivity contribution in [1.82, 2.24) is 15.4 Å². The van der Waals surface area contributed by atoms with Gasteiger partial charge in [-0.2, -0.15) is 0 Å². The van der Waals surface area contributed by atoms with Crippen molar-refractivity contribution < 1.29 is 14.1 Å². The van der Waals surface area contributed by atoms with Gasteiger partial charge in [-0.05, 0) is 24.3 Å². The zero-order valence-corrected chi connectivity index (χ0v) is 13.7. The second-order valence-corrected chi connectivity index (χ2v) is 5.25. The number of carbonyl (C=O) groups is 1. The van der Waals surface area contributed by atoms with E-state index in [2.05, 4.69) is 26.1 Å². The molecule has 2 heterocycles. The maximum atomic E-state index is 11.9. The number of benzene rings is 1. The molecule has 0 unspecified atom stereocenters. The highest BCUT2D eigenvalue weighted by Gasteiger charge is 2.24. The first-order chi connectivity index (χ1) is 12.6. The fourth-order valence-electron chi connectivity index (χ4n) is 2.01. The van der Waals surface area contributed by atoms with Gasteiger partial charge in [0, 0.05) is 0 Å². The van der Waals surface area contributed by atoms with Gasteiger partial charge in [-0.3, -0.25) is 25.8 Å². The second-order valence-electron chi connectivity index (χ2n) is 4.84. The standard InChI is InChI=1S/C15H11ClN6O4/c16-9-4-1-2-5-10(9)19-13-12(22(24)25)14(18-8-17-13)20-21-15(23)11-6-3-7-26-11/h1-8H,(H,21,23)(H2,17,18,19,20). The van der Waals surface area contributed by atoms with Crippen molar-refractivity contribution >= 4 is 40.5 Å². The third kappa shape index (κ3) is 3.70. The zero-order chi connectivity index (χ0) is 18.5. The van der Waals surface area contributed by atoms with Crippen LogP contribution in [-0.2, 0) is 0 Å². The summed E-state index contributed by atoms with van der Waals surface area (Å²) in [7, 11) is 0. The van der Waals surface area contributed by atoms with Crippen LogP contribution in [0.5, 0.6) is 0 Å². The number of para-hydroxylation sites is 1. The van der Waals surface area contributed by atoms with E-state index in [0.717, 1.165) is 6.33 Å². The molecule has 3 aromatic rings. The van der Waals surface area contributed by atoms with Gasteiger partial charge in [0.25, 0.3) is 0 Å².